The highest BCUT2D eigenvalue weighted by molar-refractivity contribution is 9.10. The fraction of sp³-hybridized carbons (Fsp3) is 0.533. The van der Waals surface area contributed by atoms with Crippen LogP contribution in [-0.4, -0.2) is 30.1 Å². The first-order valence-corrected chi connectivity index (χ1v) is 7.52. The first-order chi connectivity index (χ1) is 8.99. The molecular weight excluding hydrogens is 306 g/mol. The Bertz CT molecular complexity index is 465. The summed E-state index contributed by atoms with van der Waals surface area (Å²) in [5.41, 5.74) is 1.78. The third-order valence-electron chi connectivity index (χ3n) is 3.90. The van der Waals surface area contributed by atoms with Gasteiger partial charge in [-0.2, -0.15) is 0 Å². The lowest BCUT2D eigenvalue weighted by Gasteiger charge is -2.35. The molecule has 0 aromatic heterocycles. The number of aliphatic hydroxyl groups excluding tert-OH is 1. The third-order valence-corrected chi connectivity index (χ3v) is 4.39. The minimum absolute atomic E-state index is 0.0916. The number of hydrogen-bond acceptors (Lipinski definition) is 3. The molecule has 0 spiro atoms. The maximum absolute atomic E-state index is 11.7. The van der Waals surface area contributed by atoms with Crippen LogP contribution in [-0.2, 0) is 0 Å². The Kier molecular flexibility index (Phi) is 4.63. The largest absolute Gasteiger partial charge is 0.393 e. The molecule has 0 saturated carbocycles. The number of aliphatic hydroxyl groups is 1. The summed E-state index contributed by atoms with van der Waals surface area (Å²) in [5, 5.41) is 9.63. The van der Waals surface area contributed by atoms with Crippen molar-refractivity contribution in [2.45, 2.75) is 32.8 Å². The number of carbonyl (C=O) groups is 1. The van der Waals surface area contributed by atoms with Crippen molar-refractivity contribution in [3.05, 3.63) is 28.2 Å². The van der Waals surface area contributed by atoms with Crippen molar-refractivity contribution in [2.75, 3.05) is 18.0 Å². The molecule has 1 unspecified atom stereocenters. The molecule has 1 saturated heterocycles. The number of halogens is 1. The Morgan fingerprint density at radius 2 is 2.05 bits per heavy atom. The van der Waals surface area contributed by atoms with E-state index in [2.05, 4.69) is 20.8 Å². The molecule has 2 rings (SSSR count). The number of hydrogen-bond donors (Lipinski definition) is 1. The van der Waals surface area contributed by atoms with E-state index in [-0.39, 0.29) is 11.9 Å². The standard InChI is InChI=1S/C15H20BrNO2/c1-10(18)12-5-7-17(8-6-12)15-4-3-13(16)9-14(15)11(2)19/h3-4,9-10,12,18H,5-8H2,1-2H3. The van der Waals surface area contributed by atoms with Gasteiger partial charge in [0.25, 0.3) is 0 Å². The van der Waals surface area contributed by atoms with Crippen LogP contribution in [0.2, 0.25) is 0 Å². The predicted molar refractivity (Wildman–Crippen MR) is 80.8 cm³/mol. The highest BCUT2D eigenvalue weighted by Gasteiger charge is 2.24. The summed E-state index contributed by atoms with van der Waals surface area (Å²) >= 11 is 3.41. The Hall–Kier alpha value is -0.870. The van der Waals surface area contributed by atoms with Gasteiger partial charge in [-0.25, -0.2) is 0 Å². The number of benzene rings is 1. The third kappa shape index (κ3) is 3.37. The van der Waals surface area contributed by atoms with Crippen LogP contribution in [0.4, 0.5) is 5.69 Å². The average molecular weight is 326 g/mol. The Morgan fingerprint density at radius 1 is 1.42 bits per heavy atom. The molecule has 1 heterocycles. The van der Waals surface area contributed by atoms with Crippen molar-refractivity contribution in [1.29, 1.82) is 0 Å². The summed E-state index contributed by atoms with van der Waals surface area (Å²) in [6, 6.07) is 5.87. The molecule has 0 bridgehead atoms. The molecule has 104 valence electrons. The van der Waals surface area contributed by atoms with Gasteiger partial charge in [-0.1, -0.05) is 15.9 Å². The summed E-state index contributed by atoms with van der Waals surface area (Å²) in [6.45, 7) is 5.27. The summed E-state index contributed by atoms with van der Waals surface area (Å²) in [7, 11) is 0. The Labute approximate surface area is 122 Å². The smallest absolute Gasteiger partial charge is 0.161 e. The molecule has 0 aliphatic carbocycles. The first kappa shape index (κ1) is 14.5. The van der Waals surface area contributed by atoms with Gasteiger partial charge in [-0.15, -0.1) is 0 Å². The quantitative estimate of drug-likeness (QED) is 0.867. The zero-order valence-electron chi connectivity index (χ0n) is 11.4. The molecule has 0 radical (unpaired) electrons. The predicted octanol–water partition coefficient (Wildman–Crippen LogP) is 3.25. The molecule has 3 nitrogen and oxygen atoms in total. The van der Waals surface area contributed by atoms with Crippen LogP contribution in [0, 0.1) is 5.92 Å². The number of piperidine rings is 1. The minimum Gasteiger partial charge on any atom is -0.393 e. The van der Waals surface area contributed by atoms with Gasteiger partial charge < -0.3 is 10.0 Å². The van der Waals surface area contributed by atoms with Crippen LogP contribution in [0.1, 0.15) is 37.0 Å². The van der Waals surface area contributed by atoms with Gasteiger partial charge in [-0.3, -0.25) is 4.79 Å². The van der Waals surface area contributed by atoms with E-state index in [0.29, 0.717) is 5.92 Å². The highest BCUT2D eigenvalue weighted by atomic mass is 79.9. The van der Waals surface area contributed by atoms with E-state index in [9.17, 15) is 9.90 Å². The van der Waals surface area contributed by atoms with Crippen molar-refractivity contribution in [3.8, 4) is 0 Å². The van der Waals surface area contributed by atoms with Gasteiger partial charge in [0.05, 0.1) is 6.10 Å². The SMILES string of the molecule is CC(=O)c1cc(Br)ccc1N1CCC(C(C)O)CC1. The van der Waals surface area contributed by atoms with Crippen molar-refractivity contribution >= 4 is 27.4 Å². The van der Waals surface area contributed by atoms with Crippen LogP contribution in [0.15, 0.2) is 22.7 Å². The number of anilines is 1. The maximum Gasteiger partial charge on any atom is 0.161 e. The van der Waals surface area contributed by atoms with Gasteiger partial charge in [0.15, 0.2) is 5.78 Å². The van der Waals surface area contributed by atoms with Crippen molar-refractivity contribution in [1.82, 2.24) is 0 Å². The lowest BCUT2D eigenvalue weighted by atomic mass is 9.91. The summed E-state index contributed by atoms with van der Waals surface area (Å²) in [4.78, 5) is 14.0. The lowest BCUT2D eigenvalue weighted by molar-refractivity contribution is 0.101. The number of Topliss-reactive ketones (excluding diaryl/α,β-unsaturated/α-hetero) is 1. The molecule has 1 atom stereocenters. The van der Waals surface area contributed by atoms with E-state index >= 15 is 0 Å². The van der Waals surface area contributed by atoms with Crippen molar-refractivity contribution in [2.24, 2.45) is 5.92 Å². The maximum atomic E-state index is 11.7. The van der Waals surface area contributed by atoms with Crippen LogP contribution >= 0.6 is 15.9 Å². The van der Waals surface area contributed by atoms with Gasteiger partial charge in [-0.05, 0) is 50.8 Å². The molecule has 1 aliphatic rings. The number of rotatable bonds is 3. The van der Waals surface area contributed by atoms with Gasteiger partial charge in [0.2, 0.25) is 0 Å². The molecule has 1 fully saturated rings. The topological polar surface area (TPSA) is 40.5 Å². The van der Waals surface area contributed by atoms with Crippen molar-refractivity contribution in [3.63, 3.8) is 0 Å². The Morgan fingerprint density at radius 3 is 2.58 bits per heavy atom. The van der Waals surface area contributed by atoms with E-state index in [0.717, 1.165) is 41.7 Å². The molecule has 1 aromatic carbocycles. The van der Waals surface area contributed by atoms with Crippen LogP contribution in [0.25, 0.3) is 0 Å². The lowest BCUT2D eigenvalue weighted by Crippen LogP contribution is -2.37. The van der Waals surface area contributed by atoms with Crippen molar-refractivity contribution < 1.29 is 9.90 Å². The van der Waals surface area contributed by atoms with E-state index in [1.54, 1.807) is 6.92 Å². The second-order valence-corrected chi connectivity index (χ2v) is 6.20. The van der Waals surface area contributed by atoms with E-state index in [1.807, 2.05) is 25.1 Å². The molecule has 4 heteroatoms. The number of ketones is 1. The van der Waals surface area contributed by atoms with Crippen LogP contribution < -0.4 is 4.90 Å². The van der Waals surface area contributed by atoms with Gasteiger partial charge >= 0.3 is 0 Å². The van der Waals surface area contributed by atoms with E-state index < -0.39 is 0 Å². The zero-order valence-corrected chi connectivity index (χ0v) is 13.0. The van der Waals surface area contributed by atoms with Gasteiger partial charge in [0, 0.05) is 28.8 Å². The summed E-state index contributed by atoms with van der Waals surface area (Å²) in [5.74, 6) is 0.474. The molecular formula is C15H20BrNO2. The normalized spacial score (nSPS) is 18.4. The molecule has 19 heavy (non-hydrogen) atoms. The van der Waals surface area contributed by atoms with E-state index in [1.165, 1.54) is 0 Å². The average Bonchev–Trinajstić information content (AvgIpc) is 2.38. The fourth-order valence-electron chi connectivity index (χ4n) is 2.69. The second kappa shape index (κ2) is 6.06. The zero-order chi connectivity index (χ0) is 14.0. The number of carbonyl (C=O) groups excluding carboxylic acids is 1. The number of nitrogens with zero attached hydrogens (tertiary/aromatic N) is 1. The Balaban J connectivity index is 2.17. The van der Waals surface area contributed by atoms with Crippen LogP contribution in [0.5, 0.6) is 0 Å². The summed E-state index contributed by atoms with van der Waals surface area (Å²) < 4.78 is 0.931. The minimum atomic E-state index is -0.237. The monoisotopic (exact) mass is 325 g/mol. The van der Waals surface area contributed by atoms with Gasteiger partial charge in [0.1, 0.15) is 0 Å². The van der Waals surface area contributed by atoms with Crippen LogP contribution in [0.3, 0.4) is 0 Å². The summed E-state index contributed by atoms with van der Waals surface area (Å²) in [6.07, 6.45) is 1.72. The fourth-order valence-corrected chi connectivity index (χ4v) is 3.05. The molecule has 1 aromatic rings. The second-order valence-electron chi connectivity index (χ2n) is 5.28. The first-order valence-electron chi connectivity index (χ1n) is 6.72. The van der Waals surface area contributed by atoms with E-state index in [4.69, 9.17) is 0 Å². The molecule has 1 aliphatic heterocycles. The molecule has 1 N–H and O–H groups in total. The molecule has 0 amide bonds. The highest BCUT2D eigenvalue weighted by Crippen LogP contribution is 2.30.